The number of carbonyl (C=O) groups excluding carboxylic acids is 2. The van der Waals surface area contributed by atoms with E-state index in [4.69, 9.17) is 0 Å². The highest BCUT2D eigenvalue weighted by molar-refractivity contribution is 7.09. The molecular weight excluding hydrogens is 262 g/mol. The van der Waals surface area contributed by atoms with Crippen molar-refractivity contribution in [1.29, 1.82) is 0 Å². The van der Waals surface area contributed by atoms with Crippen molar-refractivity contribution < 1.29 is 9.59 Å². The highest BCUT2D eigenvalue weighted by atomic mass is 32.1. The van der Waals surface area contributed by atoms with Gasteiger partial charge in [0.05, 0.1) is 11.6 Å². The Morgan fingerprint density at radius 3 is 2.84 bits per heavy atom. The Morgan fingerprint density at radius 2 is 2.26 bits per heavy atom. The average Bonchev–Trinajstić information content (AvgIpc) is 2.75. The number of hydrogen-bond donors (Lipinski definition) is 1. The maximum atomic E-state index is 12.0. The standard InChI is InChI=1S/C13H19N3O2S/c1-8(2)12-13(18)14-6-11(17)16(12)5-4-10-15-9(3)7-19-10/h7-8,12H,4-6H2,1-3H3,(H,14,18). The second-order valence-electron chi connectivity index (χ2n) is 5.13. The SMILES string of the molecule is Cc1csc(CCN2C(=O)CNC(=O)C2C(C)C)n1. The molecule has 1 saturated heterocycles. The Bertz CT molecular complexity index is 484. The van der Waals surface area contributed by atoms with Crippen LogP contribution in [0.4, 0.5) is 0 Å². The molecule has 1 atom stereocenters. The summed E-state index contributed by atoms with van der Waals surface area (Å²) in [7, 11) is 0. The summed E-state index contributed by atoms with van der Waals surface area (Å²) in [6, 6.07) is -0.359. The minimum atomic E-state index is -0.359. The maximum Gasteiger partial charge on any atom is 0.243 e. The van der Waals surface area contributed by atoms with Gasteiger partial charge >= 0.3 is 0 Å². The lowest BCUT2D eigenvalue weighted by molar-refractivity contribution is -0.147. The Balaban J connectivity index is 2.06. The highest BCUT2D eigenvalue weighted by Gasteiger charge is 2.36. The van der Waals surface area contributed by atoms with Crippen molar-refractivity contribution in [3.63, 3.8) is 0 Å². The molecule has 1 N–H and O–H groups in total. The van der Waals surface area contributed by atoms with E-state index in [1.54, 1.807) is 16.2 Å². The third kappa shape index (κ3) is 3.12. The van der Waals surface area contributed by atoms with Gasteiger partial charge in [-0.05, 0) is 12.8 Å². The van der Waals surface area contributed by atoms with Crippen LogP contribution >= 0.6 is 11.3 Å². The van der Waals surface area contributed by atoms with Gasteiger partial charge in [-0.25, -0.2) is 4.98 Å². The quantitative estimate of drug-likeness (QED) is 0.895. The van der Waals surface area contributed by atoms with E-state index in [9.17, 15) is 9.59 Å². The molecule has 1 aliphatic heterocycles. The number of carbonyl (C=O) groups is 2. The fraction of sp³-hybridized carbons (Fsp3) is 0.615. The lowest BCUT2D eigenvalue weighted by atomic mass is 9.99. The molecule has 0 aliphatic carbocycles. The summed E-state index contributed by atoms with van der Waals surface area (Å²) in [6.07, 6.45) is 0.709. The third-order valence-corrected chi connectivity index (χ3v) is 4.23. The minimum absolute atomic E-state index is 0.00780. The molecule has 1 aliphatic rings. The summed E-state index contributed by atoms with van der Waals surface area (Å²) in [4.78, 5) is 29.9. The lowest BCUT2D eigenvalue weighted by Crippen LogP contribution is -2.60. The monoisotopic (exact) mass is 281 g/mol. The van der Waals surface area contributed by atoms with E-state index in [0.717, 1.165) is 10.7 Å². The molecule has 1 aromatic heterocycles. The summed E-state index contributed by atoms with van der Waals surface area (Å²) >= 11 is 1.60. The highest BCUT2D eigenvalue weighted by Crippen LogP contribution is 2.17. The van der Waals surface area contributed by atoms with Crippen LogP contribution in [0.15, 0.2) is 5.38 Å². The number of hydrogen-bond acceptors (Lipinski definition) is 4. The van der Waals surface area contributed by atoms with E-state index in [1.807, 2.05) is 26.2 Å². The molecule has 1 aromatic rings. The van der Waals surface area contributed by atoms with Crippen molar-refractivity contribution in [3.8, 4) is 0 Å². The number of piperazine rings is 1. The van der Waals surface area contributed by atoms with Gasteiger partial charge in [-0.2, -0.15) is 0 Å². The van der Waals surface area contributed by atoms with Gasteiger partial charge in [0.1, 0.15) is 6.04 Å². The average molecular weight is 281 g/mol. The molecule has 5 nitrogen and oxygen atoms in total. The molecule has 0 radical (unpaired) electrons. The van der Waals surface area contributed by atoms with Gasteiger partial charge in [-0.1, -0.05) is 13.8 Å². The van der Waals surface area contributed by atoms with Crippen LogP contribution in [0.25, 0.3) is 0 Å². The number of aromatic nitrogens is 1. The summed E-state index contributed by atoms with van der Waals surface area (Å²) < 4.78 is 0. The fourth-order valence-corrected chi connectivity index (χ4v) is 3.09. The molecule has 2 amide bonds. The summed E-state index contributed by atoms with van der Waals surface area (Å²) in [5, 5.41) is 5.67. The van der Waals surface area contributed by atoms with Crippen LogP contribution in [0.1, 0.15) is 24.5 Å². The Morgan fingerprint density at radius 1 is 1.53 bits per heavy atom. The van der Waals surface area contributed by atoms with E-state index >= 15 is 0 Å². The first-order valence-corrected chi connectivity index (χ1v) is 7.35. The largest absolute Gasteiger partial charge is 0.345 e. The molecule has 19 heavy (non-hydrogen) atoms. The maximum absolute atomic E-state index is 12.0. The molecule has 0 bridgehead atoms. The van der Waals surface area contributed by atoms with Crippen LogP contribution in [0.2, 0.25) is 0 Å². The third-order valence-electron chi connectivity index (χ3n) is 3.20. The van der Waals surface area contributed by atoms with Crippen LogP contribution in [-0.2, 0) is 16.0 Å². The fourth-order valence-electron chi connectivity index (χ4n) is 2.33. The smallest absolute Gasteiger partial charge is 0.243 e. The van der Waals surface area contributed by atoms with Crippen molar-refractivity contribution in [2.75, 3.05) is 13.1 Å². The first-order chi connectivity index (χ1) is 8.99. The normalized spacial score (nSPS) is 20.0. The van der Waals surface area contributed by atoms with E-state index in [0.29, 0.717) is 13.0 Å². The molecule has 0 spiro atoms. The van der Waals surface area contributed by atoms with Crippen LogP contribution in [0.5, 0.6) is 0 Å². The zero-order chi connectivity index (χ0) is 14.0. The van der Waals surface area contributed by atoms with Gasteiger partial charge in [0.15, 0.2) is 0 Å². The number of rotatable bonds is 4. The van der Waals surface area contributed by atoms with Crippen molar-refractivity contribution in [3.05, 3.63) is 16.1 Å². The Hall–Kier alpha value is -1.43. The van der Waals surface area contributed by atoms with Crippen LogP contribution in [-0.4, -0.2) is 40.8 Å². The van der Waals surface area contributed by atoms with Gasteiger partial charge in [-0.15, -0.1) is 11.3 Å². The minimum Gasteiger partial charge on any atom is -0.345 e. The van der Waals surface area contributed by atoms with E-state index in [-0.39, 0.29) is 30.3 Å². The topological polar surface area (TPSA) is 62.3 Å². The molecule has 1 fully saturated rings. The van der Waals surface area contributed by atoms with E-state index in [1.165, 1.54) is 0 Å². The van der Waals surface area contributed by atoms with Crippen LogP contribution in [0, 0.1) is 12.8 Å². The van der Waals surface area contributed by atoms with Crippen molar-refractivity contribution in [1.82, 2.24) is 15.2 Å². The van der Waals surface area contributed by atoms with Crippen LogP contribution in [0.3, 0.4) is 0 Å². The van der Waals surface area contributed by atoms with Gasteiger partial charge in [0.25, 0.3) is 0 Å². The Labute approximate surface area is 117 Å². The van der Waals surface area contributed by atoms with E-state index in [2.05, 4.69) is 10.3 Å². The molecule has 104 valence electrons. The zero-order valence-corrected chi connectivity index (χ0v) is 12.3. The molecule has 0 saturated carbocycles. The van der Waals surface area contributed by atoms with Gasteiger partial charge in [-0.3, -0.25) is 9.59 Å². The molecule has 2 heterocycles. The van der Waals surface area contributed by atoms with Crippen molar-refractivity contribution >= 4 is 23.2 Å². The number of nitrogens with zero attached hydrogens (tertiary/aromatic N) is 2. The predicted molar refractivity (Wildman–Crippen MR) is 73.9 cm³/mol. The number of amides is 2. The first kappa shape index (κ1) is 14.0. The summed E-state index contributed by atoms with van der Waals surface area (Å²) in [6.45, 7) is 6.55. The molecular formula is C13H19N3O2S. The van der Waals surface area contributed by atoms with Gasteiger partial charge < -0.3 is 10.2 Å². The Kier molecular flexibility index (Phi) is 4.19. The molecule has 6 heteroatoms. The van der Waals surface area contributed by atoms with Gasteiger partial charge in [0.2, 0.25) is 11.8 Å². The number of thiazole rings is 1. The number of aryl methyl sites for hydroxylation is 1. The second kappa shape index (κ2) is 5.69. The molecule has 0 aromatic carbocycles. The molecule has 1 unspecified atom stereocenters. The summed E-state index contributed by atoms with van der Waals surface area (Å²) in [5.41, 5.74) is 1.00. The van der Waals surface area contributed by atoms with E-state index < -0.39 is 0 Å². The second-order valence-corrected chi connectivity index (χ2v) is 6.07. The van der Waals surface area contributed by atoms with Crippen molar-refractivity contribution in [2.45, 2.75) is 33.2 Å². The van der Waals surface area contributed by atoms with Gasteiger partial charge in [0, 0.05) is 24.0 Å². The predicted octanol–water partition coefficient (Wildman–Crippen LogP) is 0.977. The number of nitrogens with one attached hydrogen (secondary N) is 1. The van der Waals surface area contributed by atoms with Crippen LogP contribution < -0.4 is 5.32 Å². The molecule has 2 rings (SSSR count). The zero-order valence-electron chi connectivity index (χ0n) is 11.5. The van der Waals surface area contributed by atoms with Crippen molar-refractivity contribution in [2.24, 2.45) is 5.92 Å². The first-order valence-electron chi connectivity index (χ1n) is 6.47. The summed E-state index contributed by atoms with van der Waals surface area (Å²) in [5.74, 6) is 0.0544. The lowest BCUT2D eigenvalue weighted by Gasteiger charge is -2.37.